The van der Waals surface area contributed by atoms with Crippen molar-refractivity contribution in [2.75, 3.05) is 0 Å². The van der Waals surface area contributed by atoms with Gasteiger partial charge in [0.1, 0.15) is 0 Å². The number of aryl methyl sites for hydroxylation is 1. The summed E-state index contributed by atoms with van der Waals surface area (Å²) in [5, 5.41) is 16.8. The fourth-order valence-electron chi connectivity index (χ4n) is 2.71. The second kappa shape index (κ2) is 6.97. The Morgan fingerprint density at radius 3 is 2.62 bits per heavy atom. The number of amides is 1. The normalized spacial score (nSPS) is 17.0. The summed E-state index contributed by atoms with van der Waals surface area (Å²) in [6.45, 7) is 2.02. The third-order valence-corrected chi connectivity index (χ3v) is 4.91. The molecule has 3 rings (SSSR count). The Kier molecular flexibility index (Phi) is 4.76. The number of carboxylic acids is 1. The van der Waals surface area contributed by atoms with Crippen molar-refractivity contribution in [1.82, 2.24) is 5.01 Å². The molecule has 6 heteroatoms. The van der Waals surface area contributed by atoms with Crippen LogP contribution in [-0.2, 0) is 9.59 Å². The number of nitrogens with zero attached hydrogens (tertiary/aromatic N) is 2. The molecule has 0 saturated carbocycles. The highest BCUT2D eigenvalue weighted by Crippen LogP contribution is 2.34. The minimum atomic E-state index is -0.975. The smallest absolute Gasteiger partial charge is 0.303 e. The topological polar surface area (TPSA) is 70.0 Å². The van der Waals surface area contributed by atoms with Crippen molar-refractivity contribution in [3.05, 3.63) is 57.8 Å². The highest BCUT2D eigenvalue weighted by molar-refractivity contribution is 7.12. The lowest BCUT2D eigenvalue weighted by molar-refractivity contribution is -0.141. The minimum Gasteiger partial charge on any atom is -0.481 e. The van der Waals surface area contributed by atoms with E-state index in [9.17, 15) is 9.59 Å². The molecule has 24 heavy (non-hydrogen) atoms. The summed E-state index contributed by atoms with van der Waals surface area (Å²) in [5.74, 6) is -1.23. The molecule has 124 valence electrons. The molecule has 1 atom stereocenters. The maximum absolute atomic E-state index is 12.5. The van der Waals surface area contributed by atoms with Gasteiger partial charge in [0, 0.05) is 12.8 Å². The van der Waals surface area contributed by atoms with Crippen LogP contribution in [0.5, 0.6) is 0 Å². The van der Waals surface area contributed by atoms with Crippen LogP contribution in [0.3, 0.4) is 0 Å². The first-order valence-electron chi connectivity index (χ1n) is 7.76. The van der Waals surface area contributed by atoms with E-state index in [2.05, 4.69) is 5.10 Å². The van der Waals surface area contributed by atoms with Crippen molar-refractivity contribution in [2.24, 2.45) is 5.10 Å². The first kappa shape index (κ1) is 16.4. The number of carbonyl (C=O) groups is 2. The average molecular weight is 342 g/mol. The largest absolute Gasteiger partial charge is 0.481 e. The number of aliphatic carboxylic acids is 1. The summed E-state index contributed by atoms with van der Waals surface area (Å²) >= 11 is 1.59. The van der Waals surface area contributed by atoms with Crippen molar-refractivity contribution in [3.8, 4) is 0 Å². The quantitative estimate of drug-likeness (QED) is 0.902. The molecule has 5 nitrogen and oxygen atoms in total. The molecule has 1 aliphatic rings. The van der Waals surface area contributed by atoms with Gasteiger partial charge in [0.15, 0.2) is 0 Å². The number of hydrogen-bond donors (Lipinski definition) is 1. The lowest BCUT2D eigenvalue weighted by Crippen LogP contribution is -2.27. The van der Waals surface area contributed by atoms with E-state index < -0.39 is 5.97 Å². The van der Waals surface area contributed by atoms with E-state index in [1.165, 1.54) is 5.01 Å². The van der Waals surface area contributed by atoms with Crippen molar-refractivity contribution in [1.29, 1.82) is 0 Å². The third-order valence-electron chi connectivity index (χ3n) is 3.99. The van der Waals surface area contributed by atoms with E-state index in [0.717, 1.165) is 21.7 Å². The maximum Gasteiger partial charge on any atom is 0.303 e. The summed E-state index contributed by atoms with van der Waals surface area (Å²) in [5.41, 5.74) is 3.04. The fraction of sp³-hybridized carbons (Fsp3) is 0.278. The van der Waals surface area contributed by atoms with E-state index in [4.69, 9.17) is 5.11 Å². The molecule has 1 amide bonds. The van der Waals surface area contributed by atoms with Crippen molar-refractivity contribution < 1.29 is 14.7 Å². The maximum atomic E-state index is 12.5. The van der Waals surface area contributed by atoms with Gasteiger partial charge in [-0.1, -0.05) is 35.9 Å². The van der Waals surface area contributed by atoms with Gasteiger partial charge < -0.3 is 5.11 Å². The third kappa shape index (κ3) is 3.54. The molecule has 1 N–H and O–H groups in total. The SMILES string of the molecule is Cc1ccc([C@H]2CC(c3cccs3)=NN2C(=O)CCC(=O)O)cc1. The molecule has 0 saturated heterocycles. The molecule has 1 aromatic carbocycles. The van der Waals surface area contributed by atoms with Crippen molar-refractivity contribution in [2.45, 2.75) is 32.2 Å². The van der Waals surface area contributed by atoms with E-state index in [1.807, 2.05) is 48.7 Å². The summed E-state index contributed by atoms with van der Waals surface area (Å²) in [6.07, 6.45) is 0.418. The van der Waals surface area contributed by atoms with Gasteiger partial charge >= 0.3 is 5.97 Å². The Bertz CT molecular complexity index is 766. The van der Waals surface area contributed by atoms with E-state index in [0.29, 0.717) is 6.42 Å². The molecule has 0 radical (unpaired) electrons. The summed E-state index contributed by atoms with van der Waals surface area (Å²) in [7, 11) is 0. The first-order valence-corrected chi connectivity index (χ1v) is 8.64. The van der Waals surface area contributed by atoms with Crippen LogP contribution in [0, 0.1) is 6.92 Å². The van der Waals surface area contributed by atoms with Gasteiger partial charge in [-0.2, -0.15) is 5.10 Å². The number of carbonyl (C=O) groups excluding carboxylic acids is 1. The first-order chi connectivity index (χ1) is 11.5. The highest BCUT2D eigenvalue weighted by Gasteiger charge is 2.33. The highest BCUT2D eigenvalue weighted by atomic mass is 32.1. The van der Waals surface area contributed by atoms with Gasteiger partial charge in [-0.25, -0.2) is 5.01 Å². The van der Waals surface area contributed by atoms with Gasteiger partial charge in [-0.3, -0.25) is 9.59 Å². The number of rotatable bonds is 5. The Morgan fingerprint density at radius 2 is 2.00 bits per heavy atom. The Morgan fingerprint density at radius 1 is 1.25 bits per heavy atom. The molecule has 0 aliphatic carbocycles. The molecular weight excluding hydrogens is 324 g/mol. The van der Waals surface area contributed by atoms with Crippen molar-refractivity contribution in [3.63, 3.8) is 0 Å². The summed E-state index contributed by atoms with van der Waals surface area (Å²) in [4.78, 5) is 24.3. The molecule has 0 unspecified atom stereocenters. The minimum absolute atomic E-state index is 0.0427. The Balaban J connectivity index is 1.87. The number of carboxylic acid groups (broad SMARTS) is 1. The molecule has 2 heterocycles. The zero-order valence-corrected chi connectivity index (χ0v) is 14.1. The Hall–Kier alpha value is -2.47. The molecule has 1 aliphatic heterocycles. The van der Waals surface area contributed by atoms with Crippen LogP contribution in [0.15, 0.2) is 46.9 Å². The predicted molar refractivity (Wildman–Crippen MR) is 93.1 cm³/mol. The van der Waals surface area contributed by atoms with Crippen LogP contribution in [0.25, 0.3) is 0 Å². The number of benzene rings is 1. The van der Waals surface area contributed by atoms with Gasteiger partial charge in [0.25, 0.3) is 0 Å². The zero-order chi connectivity index (χ0) is 17.1. The summed E-state index contributed by atoms with van der Waals surface area (Å²) < 4.78 is 0. The van der Waals surface area contributed by atoms with Crippen molar-refractivity contribution >= 4 is 28.9 Å². The lowest BCUT2D eigenvalue weighted by atomic mass is 10.00. The summed E-state index contributed by atoms with van der Waals surface area (Å²) in [6, 6.07) is 11.8. The molecule has 1 aromatic heterocycles. The lowest BCUT2D eigenvalue weighted by Gasteiger charge is -2.22. The fourth-order valence-corrected chi connectivity index (χ4v) is 3.43. The van der Waals surface area contributed by atoms with E-state index >= 15 is 0 Å². The molecule has 0 spiro atoms. The predicted octanol–water partition coefficient (Wildman–Crippen LogP) is 3.60. The molecule has 0 fully saturated rings. The monoisotopic (exact) mass is 342 g/mol. The van der Waals surface area contributed by atoms with E-state index in [1.54, 1.807) is 11.3 Å². The van der Waals surface area contributed by atoms with Crippen LogP contribution >= 0.6 is 11.3 Å². The van der Waals surface area contributed by atoms with Crippen LogP contribution in [-0.4, -0.2) is 27.7 Å². The molecular formula is C18H18N2O3S. The average Bonchev–Trinajstić information content (AvgIpc) is 3.22. The molecule has 0 bridgehead atoms. The number of thiophene rings is 1. The standard InChI is InChI=1S/C18H18N2O3S/c1-12-4-6-13(7-5-12)15-11-14(16-3-2-10-24-16)19-20(15)17(21)8-9-18(22)23/h2-7,10,15H,8-9,11H2,1H3,(H,22,23)/t15-/m1/s1. The second-order valence-corrected chi connectivity index (χ2v) is 6.73. The van der Waals surface area contributed by atoms with Gasteiger partial charge in [0.2, 0.25) is 5.91 Å². The second-order valence-electron chi connectivity index (χ2n) is 5.79. The van der Waals surface area contributed by atoms with Gasteiger partial charge in [0.05, 0.1) is 23.1 Å². The van der Waals surface area contributed by atoms with Crippen LogP contribution in [0.1, 0.15) is 41.3 Å². The Labute approximate surface area is 144 Å². The van der Waals surface area contributed by atoms with Crippen LogP contribution in [0.4, 0.5) is 0 Å². The van der Waals surface area contributed by atoms with Gasteiger partial charge in [-0.05, 0) is 23.9 Å². The van der Waals surface area contributed by atoms with E-state index in [-0.39, 0.29) is 24.8 Å². The zero-order valence-electron chi connectivity index (χ0n) is 13.3. The number of hydrazone groups is 1. The van der Waals surface area contributed by atoms with Crippen LogP contribution in [0.2, 0.25) is 0 Å². The van der Waals surface area contributed by atoms with Crippen LogP contribution < -0.4 is 0 Å². The number of hydrogen-bond acceptors (Lipinski definition) is 4. The van der Waals surface area contributed by atoms with Gasteiger partial charge in [-0.15, -0.1) is 11.3 Å². The molecule has 2 aromatic rings.